The lowest BCUT2D eigenvalue weighted by atomic mass is 9.54. The van der Waals surface area contributed by atoms with Crippen LogP contribution in [0, 0.1) is 10.8 Å². The maximum atomic E-state index is 5.70. The van der Waals surface area contributed by atoms with Crippen LogP contribution in [0.1, 0.15) is 53.4 Å². The molecule has 2 aliphatic carbocycles. The molecule has 0 bridgehead atoms. The van der Waals surface area contributed by atoms with Crippen molar-refractivity contribution in [1.29, 1.82) is 0 Å². The summed E-state index contributed by atoms with van der Waals surface area (Å²) in [7, 11) is 0. The molecule has 0 radical (unpaired) electrons. The predicted octanol–water partition coefficient (Wildman–Crippen LogP) is 4.91. The van der Waals surface area contributed by atoms with E-state index in [1.165, 1.54) is 30.5 Å². The van der Waals surface area contributed by atoms with Gasteiger partial charge in [0.15, 0.2) is 0 Å². The molecule has 3 rings (SSSR count). The molecule has 17 heavy (non-hydrogen) atoms. The summed E-state index contributed by atoms with van der Waals surface area (Å²) in [6.07, 6.45) is 5.75. The lowest BCUT2D eigenvalue weighted by molar-refractivity contribution is 0.230. The summed E-state index contributed by atoms with van der Waals surface area (Å²) in [5, 5.41) is 1.80. The lowest BCUT2D eigenvalue weighted by Gasteiger charge is -2.65. The average molecular weight is 287 g/mol. The first kappa shape index (κ1) is 12.8. The third kappa shape index (κ3) is 1.37. The fourth-order valence-corrected chi connectivity index (χ4v) is 9.62. The topological polar surface area (TPSA) is 0 Å². The first-order valence-electron chi connectivity index (χ1n) is 6.73. The summed E-state index contributed by atoms with van der Waals surface area (Å²) in [5.41, 5.74) is 0.469. The second-order valence-electron chi connectivity index (χ2n) is 6.79. The van der Waals surface area contributed by atoms with E-state index in [1.807, 2.05) is 0 Å². The molecule has 0 unspecified atom stereocenters. The number of hydrogen-bond acceptors (Lipinski definition) is 3. The van der Waals surface area contributed by atoms with Crippen molar-refractivity contribution in [3.05, 3.63) is 0 Å². The Labute approximate surface area is 119 Å². The van der Waals surface area contributed by atoms with Crippen LogP contribution in [0.15, 0.2) is 0 Å². The van der Waals surface area contributed by atoms with Crippen molar-refractivity contribution in [2.75, 3.05) is 0 Å². The number of thiocarbonyl (C=S) groups is 1. The van der Waals surface area contributed by atoms with Gasteiger partial charge < -0.3 is 0 Å². The smallest absolute Gasteiger partial charge is 0.0809 e. The SMILES string of the molecule is CC1(C)C(=S)C(C)(C)C12S[C@@H]1CCCC[C@H]1S2. The summed E-state index contributed by atoms with van der Waals surface area (Å²) < 4.78 is 0.358. The van der Waals surface area contributed by atoms with Gasteiger partial charge in [-0.25, -0.2) is 0 Å². The van der Waals surface area contributed by atoms with Gasteiger partial charge in [0.1, 0.15) is 0 Å². The summed E-state index contributed by atoms with van der Waals surface area (Å²) >= 11 is 10.3. The lowest BCUT2D eigenvalue weighted by Crippen LogP contribution is -2.69. The number of fused-ring (bicyclic) bond motifs is 1. The number of rotatable bonds is 0. The minimum Gasteiger partial charge on any atom is -0.138 e. The molecule has 0 amide bonds. The van der Waals surface area contributed by atoms with Gasteiger partial charge in [-0.15, -0.1) is 23.5 Å². The zero-order chi connectivity index (χ0) is 12.5. The van der Waals surface area contributed by atoms with E-state index in [9.17, 15) is 0 Å². The zero-order valence-electron chi connectivity index (χ0n) is 11.2. The minimum atomic E-state index is 0.235. The highest BCUT2D eigenvalue weighted by Crippen LogP contribution is 2.77. The minimum absolute atomic E-state index is 0.235. The van der Waals surface area contributed by atoms with E-state index in [4.69, 9.17) is 12.2 Å². The molecule has 1 aliphatic heterocycles. The summed E-state index contributed by atoms with van der Waals surface area (Å²) in [4.78, 5) is 1.30. The van der Waals surface area contributed by atoms with Gasteiger partial charge in [0.2, 0.25) is 0 Å². The molecule has 0 aromatic carbocycles. The van der Waals surface area contributed by atoms with Crippen LogP contribution in [0.5, 0.6) is 0 Å². The second kappa shape index (κ2) is 3.67. The van der Waals surface area contributed by atoms with E-state index in [0.29, 0.717) is 4.08 Å². The second-order valence-corrected chi connectivity index (χ2v) is 10.4. The molecular formula is C14H22S3. The third-order valence-electron chi connectivity index (χ3n) is 5.06. The Hall–Kier alpha value is 0.790. The van der Waals surface area contributed by atoms with E-state index < -0.39 is 0 Å². The van der Waals surface area contributed by atoms with Gasteiger partial charge in [-0.2, -0.15) is 0 Å². The van der Waals surface area contributed by atoms with Gasteiger partial charge in [0, 0.05) is 26.2 Å². The molecule has 2 atom stereocenters. The van der Waals surface area contributed by atoms with Gasteiger partial charge >= 0.3 is 0 Å². The summed E-state index contributed by atoms with van der Waals surface area (Å²) in [6, 6.07) is 0. The van der Waals surface area contributed by atoms with Crippen LogP contribution >= 0.6 is 35.7 Å². The first-order chi connectivity index (χ1) is 7.83. The maximum Gasteiger partial charge on any atom is 0.0809 e. The molecule has 2 saturated carbocycles. The zero-order valence-corrected chi connectivity index (χ0v) is 13.7. The van der Waals surface area contributed by atoms with Crippen LogP contribution < -0.4 is 0 Å². The number of hydrogen-bond donors (Lipinski definition) is 0. The standard InChI is InChI=1S/C14H22S3/c1-12(2)11(15)13(3,4)14(12)16-9-7-5-6-8-10(9)17-14/h9-10H,5-8H2,1-4H3/t9-,10-/m1/s1. The Morgan fingerprint density at radius 3 is 1.76 bits per heavy atom. The van der Waals surface area contributed by atoms with Crippen molar-refractivity contribution in [2.45, 2.75) is 68.0 Å². The fraction of sp³-hybridized carbons (Fsp3) is 0.929. The Morgan fingerprint density at radius 2 is 1.35 bits per heavy atom. The monoisotopic (exact) mass is 286 g/mol. The number of thioether (sulfide) groups is 2. The van der Waals surface area contributed by atoms with Gasteiger partial charge in [-0.05, 0) is 12.8 Å². The molecule has 1 spiro atoms. The van der Waals surface area contributed by atoms with E-state index in [2.05, 4.69) is 51.2 Å². The van der Waals surface area contributed by atoms with Gasteiger partial charge in [0.25, 0.3) is 0 Å². The molecule has 1 heterocycles. The molecular weight excluding hydrogens is 264 g/mol. The summed E-state index contributed by atoms with van der Waals surface area (Å²) in [5.74, 6) is 0. The van der Waals surface area contributed by atoms with Crippen molar-refractivity contribution in [3.63, 3.8) is 0 Å². The van der Waals surface area contributed by atoms with Crippen molar-refractivity contribution in [3.8, 4) is 0 Å². The molecule has 3 heteroatoms. The van der Waals surface area contributed by atoms with Crippen LogP contribution in [0.4, 0.5) is 0 Å². The predicted molar refractivity (Wildman–Crippen MR) is 84.1 cm³/mol. The third-order valence-corrected chi connectivity index (χ3v) is 11.3. The molecule has 0 nitrogen and oxygen atoms in total. The van der Waals surface area contributed by atoms with Crippen molar-refractivity contribution < 1.29 is 0 Å². The molecule has 0 aromatic rings. The van der Waals surface area contributed by atoms with Crippen molar-refractivity contribution in [1.82, 2.24) is 0 Å². The highest BCUT2D eigenvalue weighted by Gasteiger charge is 2.73. The first-order valence-corrected chi connectivity index (χ1v) is 8.90. The Bertz CT molecular complexity index is 336. The van der Waals surface area contributed by atoms with E-state index in [0.717, 1.165) is 10.5 Å². The van der Waals surface area contributed by atoms with Crippen LogP contribution in [-0.2, 0) is 0 Å². The molecule has 0 N–H and O–H groups in total. The van der Waals surface area contributed by atoms with Crippen LogP contribution in [-0.4, -0.2) is 19.4 Å². The quantitative estimate of drug-likeness (QED) is 0.581. The Kier molecular flexibility index (Phi) is 2.76. The molecule has 1 saturated heterocycles. The molecule has 3 aliphatic rings. The normalized spacial score (nSPS) is 41.1. The average Bonchev–Trinajstić information content (AvgIpc) is 2.69. The molecule has 96 valence electrons. The largest absolute Gasteiger partial charge is 0.138 e. The van der Waals surface area contributed by atoms with Gasteiger partial charge in [0.05, 0.1) is 4.08 Å². The van der Waals surface area contributed by atoms with Gasteiger partial charge in [-0.3, -0.25) is 0 Å². The Morgan fingerprint density at radius 1 is 0.941 bits per heavy atom. The molecule has 3 fully saturated rings. The molecule has 0 aromatic heterocycles. The maximum absolute atomic E-state index is 5.70. The van der Waals surface area contributed by atoms with E-state index in [-0.39, 0.29) is 10.8 Å². The van der Waals surface area contributed by atoms with Crippen LogP contribution in [0.2, 0.25) is 0 Å². The van der Waals surface area contributed by atoms with E-state index >= 15 is 0 Å². The highest BCUT2D eigenvalue weighted by atomic mass is 32.2. The van der Waals surface area contributed by atoms with Crippen LogP contribution in [0.25, 0.3) is 0 Å². The van der Waals surface area contributed by atoms with Gasteiger partial charge in [-0.1, -0.05) is 52.8 Å². The van der Waals surface area contributed by atoms with Crippen molar-refractivity contribution in [2.24, 2.45) is 10.8 Å². The Balaban J connectivity index is 1.95. The highest BCUT2D eigenvalue weighted by molar-refractivity contribution is 8.22. The summed E-state index contributed by atoms with van der Waals surface area (Å²) in [6.45, 7) is 9.49. The van der Waals surface area contributed by atoms with Crippen LogP contribution in [0.3, 0.4) is 0 Å². The fourth-order valence-electron chi connectivity index (χ4n) is 4.17. The van der Waals surface area contributed by atoms with Crippen molar-refractivity contribution >= 4 is 40.6 Å². The van der Waals surface area contributed by atoms with E-state index in [1.54, 1.807) is 0 Å².